The van der Waals surface area contributed by atoms with Crippen molar-refractivity contribution in [1.29, 1.82) is 0 Å². The van der Waals surface area contributed by atoms with Gasteiger partial charge in [0.15, 0.2) is 0 Å². The van der Waals surface area contributed by atoms with E-state index in [0.29, 0.717) is 0 Å². The Labute approximate surface area is 151 Å². The summed E-state index contributed by atoms with van der Waals surface area (Å²) in [7, 11) is -2.56. The lowest BCUT2D eigenvalue weighted by atomic mass is 10.1. The van der Waals surface area contributed by atoms with Crippen molar-refractivity contribution in [2.24, 2.45) is 5.14 Å². The molecule has 0 heterocycles. The van der Waals surface area contributed by atoms with Gasteiger partial charge >= 0.3 is 5.97 Å². The van der Waals surface area contributed by atoms with Gasteiger partial charge in [0.05, 0.1) is 12.0 Å². The van der Waals surface area contributed by atoms with Gasteiger partial charge in [-0.2, -0.15) is 0 Å². The highest BCUT2D eigenvalue weighted by atomic mass is 32.2. The van der Waals surface area contributed by atoms with E-state index in [2.05, 4.69) is 0 Å². The predicted octanol–water partition coefficient (Wildman–Crippen LogP) is 2.85. The van der Waals surface area contributed by atoms with Crippen LogP contribution in [0.2, 0.25) is 0 Å². The van der Waals surface area contributed by atoms with Crippen molar-refractivity contribution in [3.8, 4) is 5.75 Å². The number of primary sulfonamides is 1. The molecule has 0 aromatic heterocycles. The number of hydrogen-bond donors (Lipinski definition) is 1. The van der Waals surface area contributed by atoms with Gasteiger partial charge in [-0.3, -0.25) is 0 Å². The standard InChI is InChI=1S/C19H17NO5S/c1-24-18-10-9-15(26(20,22)23)11-17(18)19(21)25-12-14-7-4-6-13-5-2-3-8-16(13)14/h2-11H,12H2,1H3,(H2,20,22,23). The molecule has 0 spiro atoms. The first kappa shape index (κ1) is 17.9. The van der Waals surface area contributed by atoms with Gasteiger partial charge in [-0.1, -0.05) is 42.5 Å². The number of hydrogen-bond acceptors (Lipinski definition) is 5. The van der Waals surface area contributed by atoms with E-state index in [1.54, 1.807) is 0 Å². The summed E-state index contributed by atoms with van der Waals surface area (Å²) in [5.41, 5.74) is 0.845. The third kappa shape index (κ3) is 3.68. The van der Waals surface area contributed by atoms with E-state index in [1.165, 1.54) is 19.2 Å². The van der Waals surface area contributed by atoms with Crippen LogP contribution in [-0.2, 0) is 21.4 Å². The zero-order chi connectivity index (χ0) is 18.7. The van der Waals surface area contributed by atoms with Gasteiger partial charge in [0, 0.05) is 0 Å². The van der Waals surface area contributed by atoms with Crippen LogP contribution < -0.4 is 9.88 Å². The van der Waals surface area contributed by atoms with E-state index in [1.807, 2.05) is 42.5 Å². The molecule has 0 atom stereocenters. The molecule has 0 aliphatic rings. The molecule has 0 fully saturated rings. The average Bonchev–Trinajstić information content (AvgIpc) is 2.64. The Morgan fingerprint density at radius 2 is 1.77 bits per heavy atom. The molecule has 6 nitrogen and oxygen atoms in total. The van der Waals surface area contributed by atoms with Gasteiger partial charge in [-0.25, -0.2) is 18.4 Å². The number of carbonyl (C=O) groups is 1. The fourth-order valence-corrected chi connectivity index (χ4v) is 3.20. The first-order chi connectivity index (χ1) is 12.4. The van der Waals surface area contributed by atoms with Crippen molar-refractivity contribution in [3.63, 3.8) is 0 Å². The minimum atomic E-state index is -3.94. The molecule has 0 aliphatic carbocycles. The number of rotatable bonds is 5. The van der Waals surface area contributed by atoms with Gasteiger partial charge in [0.25, 0.3) is 0 Å². The number of esters is 1. The summed E-state index contributed by atoms with van der Waals surface area (Å²) in [4.78, 5) is 12.3. The SMILES string of the molecule is COc1ccc(S(N)(=O)=O)cc1C(=O)OCc1cccc2ccccc12. The lowest BCUT2D eigenvalue weighted by Gasteiger charge is -2.11. The van der Waals surface area contributed by atoms with Crippen molar-refractivity contribution in [2.45, 2.75) is 11.5 Å². The first-order valence-corrected chi connectivity index (χ1v) is 9.29. The van der Waals surface area contributed by atoms with Crippen LogP contribution in [-0.4, -0.2) is 21.5 Å². The Bertz CT molecular complexity index is 1070. The van der Waals surface area contributed by atoms with Crippen molar-refractivity contribution < 1.29 is 22.7 Å². The molecule has 0 saturated heterocycles. The summed E-state index contributed by atoms with van der Waals surface area (Å²) in [6.45, 7) is 0.0446. The maximum absolute atomic E-state index is 12.5. The fraction of sp³-hybridized carbons (Fsp3) is 0.105. The Morgan fingerprint density at radius 3 is 2.50 bits per heavy atom. The topological polar surface area (TPSA) is 95.7 Å². The summed E-state index contributed by atoms with van der Waals surface area (Å²) in [6.07, 6.45) is 0. The summed E-state index contributed by atoms with van der Waals surface area (Å²) in [5.74, 6) is -0.486. The highest BCUT2D eigenvalue weighted by Gasteiger charge is 2.18. The molecule has 134 valence electrons. The zero-order valence-corrected chi connectivity index (χ0v) is 14.8. The molecule has 0 radical (unpaired) electrons. The normalized spacial score (nSPS) is 11.3. The Balaban J connectivity index is 1.88. The molecule has 0 unspecified atom stereocenters. The second kappa shape index (κ2) is 7.15. The van der Waals surface area contributed by atoms with Crippen molar-refractivity contribution in [3.05, 3.63) is 71.8 Å². The smallest absolute Gasteiger partial charge is 0.342 e. The van der Waals surface area contributed by atoms with Gasteiger partial charge in [0.1, 0.15) is 17.9 Å². The van der Waals surface area contributed by atoms with Gasteiger partial charge < -0.3 is 9.47 Å². The number of nitrogens with two attached hydrogens (primary N) is 1. The van der Waals surface area contributed by atoms with Crippen LogP contribution in [0.25, 0.3) is 10.8 Å². The summed E-state index contributed by atoms with van der Waals surface area (Å²) < 4.78 is 33.5. The third-order valence-corrected chi connectivity index (χ3v) is 4.87. The minimum absolute atomic E-state index is 0.000684. The molecule has 0 bridgehead atoms. The molecule has 0 saturated carbocycles. The minimum Gasteiger partial charge on any atom is -0.496 e. The van der Waals surface area contributed by atoms with Gasteiger partial charge in [-0.05, 0) is 34.5 Å². The van der Waals surface area contributed by atoms with E-state index in [4.69, 9.17) is 14.6 Å². The maximum atomic E-state index is 12.5. The number of carbonyl (C=O) groups excluding carboxylic acids is 1. The quantitative estimate of drug-likeness (QED) is 0.696. The molecule has 26 heavy (non-hydrogen) atoms. The molecule has 3 aromatic rings. The Hall–Kier alpha value is -2.90. The van der Waals surface area contributed by atoms with Crippen LogP contribution in [0.3, 0.4) is 0 Å². The van der Waals surface area contributed by atoms with Gasteiger partial charge in [0.2, 0.25) is 10.0 Å². The molecule has 7 heteroatoms. The van der Waals surface area contributed by atoms with Crippen LogP contribution in [0.5, 0.6) is 5.75 Å². The first-order valence-electron chi connectivity index (χ1n) is 7.75. The molecular formula is C19H17NO5S. The number of benzene rings is 3. The number of sulfonamides is 1. The van der Waals surface area contributed by atoms with E-state index in [-0.39, 0.29) is 22.8 Å². The van der Waals surface area contributed by atoms with Gasteiger partial charge in [-0.15, -0.1) is 0 Å². The van der Waals surface area contributed by atoms with Crippen LogP contribution in [0, 0.1) is 0 Å². The van der Waals surface area contributed by atoms with Crippen LogP contribution in [0.15, 0.2) is 65.6 Å². The van der Waals surface area contributed by atoms with Crippen LogP contribution in [0.4, 0.5) is 0 Å². The number of ether oxygens (including phenoxy) is 2. The highest BCUT2D eigenvalue weighted by Crippen LogP contribution is 2.24. The highest BCUT2D eigenvalue weighted by molar-refractivity contribution is 7.89. The molecule has 3 rings (SSSR count). The van der Waals surface area contributed by atoms with Crippen molar-refractivity contribution in [1.82, 2.24) is 0 Å². The second-order valence-electron chi connectivity index (χ2n) is 5.62. The fourth-order valence-electron chi connectivity index (χ4n) is 2.66. The Kier molecular flexibility index (Phi) is 4.92. The predicted molar refractivity (Wildman–Crippen MR) is 97.4 cm³/mol. The van der Waals surface area contributed by atoms with Crippen LogP contribution >= 0.6 is 0 Å². The molecular weight excluding hydrogens is 354 g/mol. The molecule has 0 aliphatic heterocycles. The second-order valence-corrected chi connectivity index (χ2v) is 7.18. The summed E-state index contributed by atoms with van der Waals surface area (Å²) >= 11 is 0. The average molecular weight is 371 g/mol. The van der Waals surface area contributed by atoms with Crippen LogP contribution in [0.1, 0.15) is 15.9 Å². The van der Waals surface area contributed by atoms with Crippen molar-refractivity contribution >= 4 is 26.8 Å². The maximum Gasteiger partial charge on any atom is 0.342 e. The number of methoxy groups -OCH3 is 1. The van der Waals surface area contributed by atoms with E-state index in [9.17, 15) is 13.2 Å². The van der Waals surface area contributed by atoms with Crippen molar-refractivity contribution in [2.75, 3.05) is 7.11 Å². The monoisotopic (exact) mass is 371 g/mol. The zero-order valence-electron chi connectivity index (χ0n) is 14.0. The molecule has 2 N–H and O–H groups in total. The summed E-state index contributed by atoms with van der Waals surface area (Å²) in [6, 6.07) is 17.3. The van der Waals surface area contributed by atoms with E-state index in [0.717, 1.165) is 22.4 Å². The van der Waals surface area contributed by atoms with E-state index >= 15 is 0 Å². The summed E-state index contributed by atoms with van der Waals surface area (Å²) in [5, 5.41) is 7.14. The van der Waals surface area contributed by atoms with E-state index < -0.39 is 16.0 Å². The number of fused-ring (bicyclic) bond motifs is 1. The lowest BCUT2D eigenvalue weighted by molar-refractivity contribution is 0.0470. The molecule has 3 aromatic carbocycles. The lowest BCUT2D eigenvalue weighted by Crippen LogP contribution is -2.14. The molecule has 0 amide bonds. The third-order valence-electron chi connectivity index (χ3n) is 3.96. The Morgan fingerprint density at radius 1 is 1.04 bits per heavy atom. The largest absolute Gasteiger partial charge is 0.496 e.